The number of esters is 1. The fourth-order valence-electron chi connectivity index (χ4n) is 1.70. The van der Waals surface area contributed by atoms with Crippen molar-refractivity contribution in [2.75, 3.05) is 13.6 Å². The van der Waals surface area contributed by atoms with E-state index in [0.29, 0.717) is 11.3 Å². The number of nitrogens with zero attached hydrogens (tertiary/aromatic N) is 1. The van der Waals surface area contributed by atoms with Gasteiger partial charge in [0.05, 0.1) is 12.6 Å². The van der Waals surface area contributed by atoms with E-state index in [1.54, 1.807) is 52.1 Å². The number of hydrogen-bond donors (Lipinski definition) is 1. The first-order chi connectivity index (χ1) is 10.1. The number of aliphatic hydroxyl groups is 1. The molecule has 22 heavy (non-hydrogen) atoms. The van der Waals surface area contributed by atoms with Crippen molar-refractivity contribution in [3.63, 3.8) is 0 Å². The molecule has 1 atom stereocenters. The molecule has 0 saturated carbocycles. The lowest BCUT2D eigenvalue weighted by Gasteiger charge is -2.26. The highest BCUT2D eigenvalue weighted by Crippen LogP contribution is 2.19. The summed E-state index contributed by atoms with van der Waals surface area (Å²) in [7, 11) is 1.56. The normalized spacial score (nSPS) is 12.5. The summed E-state index contributed by atoms with van der Waals surface area (Å²) >= 11 is 0. The van der Waals surface area contributed by atoms with Crippen LogP contribution < -0.4 is 4.74 Å². The van der Waals surface area contributed by atoms with Crippen molar-refractivity contribution in [3.05, 3.63) is 29.8 Å². The van der Waals surface area contributed by atoms with E-state index in [2.05, 4.69) is 0 Å². The largest absolute Gasteiger partial charge is 0.444 e. The lowest BCUT2D eigenvalue weighted by molar-refractivity contribution is -0.131. The molecule has 0 fully saturated rings. The number of likely N-dealkylation sites (N-methyl/N-ethyl adjacent to an activating group) is 1. The van der Waals surface area contributed by atoms with Crippen LogP contribution in [0.15, 0.2) is 24.3 Å². The number of ether oxygens (including phenoxy) is 2. The van der Waals surface area contributed by atoms with Gasteiger partial charge in [0.1, 0.15) is 11.4 Å². The third-order valence-corrected chi connectivity index (χ3v) is 2.68. The zero-order chi connectivity index (χ0) is 16.9. The van der Waals surface area contributed by atoms with Crippen LogP contribution in [0.25, 0.3) is 0 Å². The predicted octanol–water partition coefficient (Wildman–Crippen LogP) is 2.51. The van der Waals surface area contributed by atoms with Crippen LogP contribution in [0.5, 0.6) is 5.75 Å². The van der Waals surface area contributed by atoms with Gasteiger partial charge >= 0.3 is 12.1 Å². The van der Waals surface area contributed by atoms with Gasteiger partial charge in [0.15, 0.2) is 0 Å². The first kappa shape index (κ1) is 18.0. The predicted molar refractivity (Wildman–Crippen MR) is 81.6 cm³/mol. The van der Waals surface area contributed by atoms with Crippen molar-refractivity contribution in [2.24, 2.45) is 0 Å². The molecule has 0 radical (unpaired) electrons. The fraction of sp³-hybridized carbons (Fsp3) is 0.500. The molecule has 1 unspecified atom stereocenters. The zero-order valence-electron chi connectivity index (χ0n) is 13.6. The maximum Gasteiger partial charge on any atom is 0.410 e. The van der Waals surface area contributed by atoms with Gasteiger partial charge < -0.3 is 19.5 Å². The summed E-state index contributed by atoms with van der Waals surface area (Å²) in [5.41, 5.74) is 0.0356. The second kappa shape index (κ2) is 7.26. The van der Waals surface area contributed by atoms with Crippen LogP contribution >= 0.6 is 0 Å². The average Bonchev–Trinajstić information content (AvgIpc) is 2.36. The summed E-state index contributed by atoms with van der Waals surface area (Å²) in [6.07, 6.45) is -1.35. The molecule has 1 amide bonds. The smallest absolute Gasteiger partial charge is 0.410 e. The van der Waals surface area contributed by atoms with Crippen LogP contribution in [-0.2, 0) is 9.53 Å². The minimum Gasteiger partial charge on any atom is -0.444 e. The average molecular weight is 309 g/mol. The van der Waals surface area contributed by atoms with E-state index in [0.717, 1.165) is 0 Å². The second-order valence-electron chi connectivity index (χ2n) is 6.04. The van der Waals surface area contributed by atoms with Crippen LogP contribution in [0.3, 0.4) is 0 Å². The van der Waals surface area contributed by atoms with Crippen LogP contribution in [-0.4, -0.2) is 41.3 Å². The molecule has 0 aliphatic rings. The molecule has 1 aromatic rings. The molecular formula is C16H23NO5. The molecular weight excluding hydrogens is 286 g/mol. The van der Waals surface area contributed by atoms with Gasteiger partial charge in [0.2, 0.25) is 0 Å². The molecule has 0 aliphatic heterocycles. The summed E-state index contributed by atoms with van der Waals surface area (Å²) in [5.74, 6) is 0.00176. The van der Waals surface area contributed by atoms with Gasteiger partial charge in [-0.3, -0.25) is 4.79 Å². The van der Waals surface area contributed by atoms with E-state index in [-0.39, 0.29) is 6.54 Å². The lowest BCUT2D eigenvalue weighted by atomic mass is 10.1. The van der Waals surface area contributed by atoms with Gasteiger partial charge in [0, 0.05) is 14.0 Å². The van der Waals surface area contributed by atoms with E-state index in [4.69, 9.17) is 9.47 Å². The van der Waals surface area contributed by atoms with Crippen molar-refractivity contribution < 1.29 is 24.2 Å². The van der Waals surface area contributed by atoms with E-state index >= 15 is 0 Å². The molecule has 0 spiro atoms. The van der Waals surface area contributed by atoms with Crippen molar-refractivity contribution in [1.29, 1.82) is 0 Å². The van der Waals surface area contributed by atoms with Crippen LogP contribution in [0, 0.1) is 0 Å². The topological polar surface area (TPSA) is 76.1 Å². The van der Waals surface area contributed by atoms with Crippen LogP contribution in [0.1, 0.15) is 39.4 Å². The Bertz CT molecular complexity index is 518. The highest BCUT2D eigenvalue weighted by atomic mass is 16.6. The summed E-state index contributed by atoms with van der Waals surface area (Å²) in [5, 5.41) is 10.2. The van der Waals surface area contributed by atoms with Gasteiger partial charge in [-0.1, -0.05) is 12.1 Å². The second-order valence-corrected chi connectivity index (χ2v) is 6.04. The molecule has 122 valence electrons. The summed E-state index contributed by atoms with van der Waals surface area (Å²) in [6.45, 7) is 6.76. The Hall–Kier alpha value is -2.08. The third kappa shape index (κ3) is 6.13. The van der Waals surface area contributed by atoms with E-state index in [9.17, 15) is 14.7 Å². The monoisotopic (exact) mass is 309 g/mol. The first-order valence-corrected chi connectivity index (χ1v) is 6.99. The Morgan fingerprint density at radius 2 is 1.77 bits per heavy atom. The molecule has 0 heterocycles. The highest BCUT2D eigenvalue weighted by Gasteiger charge is 2.21. The highest BCUT2D eigenvalue weighted by molar-refractivity contribution is 5.69. The van der Waals surface area contributed by atoms with Gasteiger partial charge in [-0.25, -0.2) is 4.79 Å². The van der Waals surface area contributed by atoms with Gasteiger partial charge in [-0.15, -0.1) is 0 Å². The number of benzene rings is 1. The van der Waals surface area contributed by atoms with Gasteiger partial charge in [-0.2, -0.15) is 0 Å². The van der Waals surface area contributed by atoms with E-state index in [1.807, 2.05) is 0 Å². The van der Waals surface area contributed by atoms with Crippen molar-refractivity contribution in [3.8, 4) is 5.75 Å². The molecule has 1 aromatic carbocycles. The number of rotatable bonds is 4. The van der Waals surface area contributed by atoms with E-state index < -0.39 is 23.8 Å². The Morgan fingerprint density at radius 1 is 1.23 bits per heavy atom. The van der Waals surface area contributed by atoms with Crippen molar-refractivity contribution >= 4 is 12.1 Å². The molecule has 0 aliphatic carbocycles. The van der Waals surface area contributed by atoms with E-state index in [1.165, 1.54) is 11.8 Å². The minimum atomic E-state index is -0.858. The molecule has 1 N–H and O–H groups in total. The number of aliphatic hydroxyl groups excluding tert-OH is 1. The number of amides is 1. The zero-order valence-corrected chi connectivity index (χ0v) is 13.6. The maximum atomic E-state index is 11.8. The van der Waals surface area contributed by atoms with Crippen molar-refractivity contribution in [2.45, 2.75) is 39.4 Å². The summed E-state index contributed by atoms with van der Waals surface area (Å²) in [4.78, 5) is 24.0. The third-order valence-electron chi connectivity index (χ3n) is 2.68. The summed E-state index contributed by atoms with van der Waals surface area (Å²) < 4.78 is 10.1. The Morgan fingerprint density at radius 3 is 2.23 bits per heavy atom. The number of carbonyl (C=O) groups excluding carboxylic acids is 2. The minimum absolute atomic E-state index is 0.0990. The SMILES string of the molecule is CC(=O)Oc1ccc(C(O)CN(C)C(=O)OC(C)(C)C)cc1. The quantitative estimate of drug-likeness (QED) is 0.683. The number of carbonyl (C=O) groups is 2. The molecule has 0 aromatic heterocycles. The molecule has 1 rings (SSSR count). The van der Waals surface area contributed by atoms with Crippen LogP contribution in [0.4, 0.5) is 4.79 Å². The fourth-order valence-corrected chi connectivity index (χ4v) is 1.70. The number of hydrogen-bond acceptors (Lipinski definition) is 5. The Balaban J connectivity index is 2.62. The molecule has 0 saturated heterocycles. The molecule has 6 heteroatoms. The lowest BCUT2D eigenvalue weighted by Crippen LogP contribution is -2.36. The molecule has 0 bridgehead atoms. The molecule has 6 nitrogen and oxygen atoms in total. The Labute approximate surface area is 130 Å². The van der Waals surface area contributed by atoms with Crippen molar-refractivity contribution in [1.82, 2.24) is 4.90 Å². The Kier molecular flexibility index (Phi) is 5.93. The van der Waals surface area contributed by atoms with Crippen LogP contribution in [0.2, 0.25) is 0 Å². The maximum absolute atomic E-state index is 11.8. The standard InChI is InChI=1S/C16H23NO5/c1-11(18)21-13-8-6-12(7-9-13)14(19)10-17(5)15(20)22-16(2,3)4/h6-9,14,19H,10H2,1-5H3. The first-order valence-electron chi connectivity index (χ1n) is 6.99. The summed E-state index contributed by atoms with van der Waals surface area (Å²) in [6, 6.07) is 6.47. The van der Waals surface area contributed by atoms with Gasteiger partial charge in [0.25, 0.3) is 0 Å². The van der Waals surface area contributed by atoms with Gasteiger partial charge in [-0.05, 0) is 38.5 Å².